The molecule has 0 spiro atoms. The van der Waals surface area contributed by atoms with E-state index in [2.05, 4.69) is 25.5 Å². The van der Waals surface area contributed by atoms with Gasteiger partial charge >= 0.3 is 11.9 Å². The molecule has 0 amide bonds. The number of carbonyl (C=O) groups is 2. The van der Waals surface area contributed by atoms with E-state index in [9.17, 15) is 19.8 Å². The van der Waals surface area contributed by atoms with Gasteiger partial charge in [-0.2, -0.15) is 4.68 Å². The van der Waals surface area contributed by atoms with Crippen LogP contribution in [0.5, 0.6) is 0 Å². The maximum Gasteiger partial charge on any atom is 0.357 e. The smallest absolute Gasteiger partial charge is 0.357 e. The van der Waals surface area contributed by atoms with Crippen LogP contribution in [0.1, 0.15) is 58.0 Å². The van der Waals surface area contributed by atoms with E-state index >= 15 is 0 Å². The SMILES string of the molecule is CCCC(c1nc(C(=O)O)c(C(=O)O)[nH]1)c1ccc(-c2ccccc2)c2c1-c1nnnn1-2. The third-order valence-electron chi connectivity index (χ3n) is 5.62. The molecule has 1 unspecified atom stereocenters. The number of carboxylic acids is 2. The molecular weight excluding hydrogens is 412 g/mol. The average Bonchev–Trinajstić information content (AvgIpc) is 3.40. The Hall–Kier alpha value is -4.34. The maximum atomic E-state index is 11.6. The summed E-state index contributed by atoms with van der Waals surface area (Å²) in [7, 11) is 0. The van der Waals surface area contributed by atoms with Crippen LogP contribution in [-0.4, -0.2) is 52.3 Å². The first-order valence-corrected chi connectivity index (χ1v) is 10.1. The second-order valence-corrected chi connectivity index (χ2v) is 7.50. The molecule has 0 bridgehead atoms. The van der Waals surface area contributed by atoms with E-state index in [1.54, 1.807) is 4.68 Å². The molecule has 0 saturated carbocycles. The van der Waals surface area contributed by atoms with Gasteiger partial charge < -0.3 is 15.2 Å². The molecule has 1 atom stereocenters. The number of fused-ring (bicyclic) bond motifs is 4. The summed E-state index contributed by atoms with van der Waals surface area (Å²) in [4.78, 5) is 30.0. The minimum Gasteiger partial charge on any atom is -0.477 e. The van der Waals surface area contributed by atoms with Crippen molar-refractivity contribution in [1.82, 2.24) is 30.2 Å². The van der Waals surface area contributed by atoms with Gasteiger partial charge in [0.25, 0.3) is 0 Å². The van der Waals surface area contributed by atoms with Crippen molar-refractivity contribution < 1.29 is 19.8 Å². The largest absolute Gasteiger partial charge is 0.477 e. The molecule has 10 heteroatoms. The number of benzene rings is 2. The molecule has 3 heterocycles. The Morgan fingerprint density at radius 3 is 2.53 bits per heavy atom. The Kier molecular flexibility index (Phi) is 4.54. The highest BCUT2D eigenvalue weighted by molar-refractivity contribution is 5.99. The Morgan fingerprint density at radius 2 is 1.88 bits per heavy atom. The topological polar surface area (TPSA) is 147 Å². The van der Waals surface area contributed by atoms with Gasteiger partial charge in [0.2, 0.25) is 0 Å². The fraction of sp³-hybridized carbons (Fsp3) is 0.182. The first kappa shape index (κ1) is 19.6. The van der Waals surface area contributed by atoms with Crippen molar-refractivity contribution in [2.75, 3.05) is 0 Å². The number of nitrogens with one attached hydrogen (secondary N) is 1. The van der Waals surface area contributed by atoms with Crippen molar-refractivity contribution >= 4 is 11.9 Å². The summed E-state index contributed by atoms with van der Waals surface area (Å²) in [6.45, 7) is 2.00. The predicted molar refractivity (Wildman–Crippen MR) is 113 cm³/mol. The molecule has 1 aliphatic heterocycles. The van der Waals surface area contributed by atoms with E-state index in [0.717, 1.165) is 34.4 Å². The van der Waals surface area contributed by atoms with Crippen LogP contribution in [0.4, 0.5) is 0 Å². The minimum absolute atomic E-state index is 0.294. The van der Waals surface area contributed by atoms with Crippen molar-refractivity contribution in [3.05, 3.63) is 65.2 Å². The molecule has 5 rings (SSSR count). The Labute approximate surface area is 181 Å². The maximum absolute atomic E-state index is 11.6. The van der Waals surface area contributed by atoms with E-state index in [0.29, 0.717) is 18.1 Å². The van der Waals surface area contributed by atoms with Crippen LogP contribution in [0.15, 0.2) is 42.5 Å². The molecule has 1 aliphatic rings. The van der Waals surface area contributed by atoms with Gasteiger partial charge in [0, 0.05) is 11.5 Å². The lowest BCUT2D eigenvalue weighted by molar-refractivity contribution is 0.0644. The van der Waals surface area contributed by atoms with Gasteiger partial charge in [0.05, 0.1) is 11.3 Å². The highest BCUT2D eigenvalue weighted by Crippen LogP contribution is 2.48. The highest BCUT2D eigenvalue weighted by atomic mass is 16.4. The first-order chi connectivity index (χ1) is 15.5. The molecule has 0 fully saturated rings. The minimum atomic E-state index is -1.39. The second-order valence-electron chi connectivity index (χ2n) is 7.50. The third kappa shape index (κ3) is 2.88. The zero-order chi connectivity index (χ0) is 22.4. The third-order valence-corrected chi connectivity index (χ3v) is 5.62. The molecule has 0 saturated heterocycles. The number of aromatic carboxylic acids is 2. The van der Waals surface area contributed by atoms with E-state index in [1.165, 1.54) is 0 Å². The van der Waals surface area contributed by atoms with E-state index in [-0.39, 0.29) is 5.92 Å². The van der Waals surface area contributed by atoms with Crippen molar-refractivity contribution in [1.29, 1.82) is 0 Å². The van der Waals surface area contributed by atoms with Gasteiger partial charge in [0.1, 0.15) is 5.82 Å². The molecule has 160 valence electrons. The zero-order valence-electron chi connectivity index (χ0n) is 17.0. The monoisotopic (exact) mass is 430 g/mol. The lowest BCUT2D eigenvalue weighted by Gasteiger charge is -2.28. The van der Waals surface area contributed by atoms with Crippen molar-refractivity contribution in [2.24, 2.45) is 0 Å². The van der Waals surface area contributed by atoms with E-state index < -0.39 is 23.3 Å². The van der Waals surface area contributed by atoms with Gasteiger partial charge in [-0.25, -0.2) is 14.6 Å². The van der Waals surface area contributed by atoms with Gasteiger partial charge in [-0.1, -0.05) is 55.8 Å². The number of nitrogens with zero attached hydrogens (tertiary/aromatic N) is 5. The normalized spacial score (nSPS) is 12.5. The summed E-state index contributed by atoms with van der Waals surface area (Å²) < 4.78 is 1.68. The number of aromatic nitrogens is 6. The average molecular weight is 430 g/mol. The van der Waals surface area contributed by atoms with Crippen LogP contribution in [0.3, 0.4) is 0 Å². The number of rotatable bonds is 7. The number of hydrogen-bond donors (Lipinski definition) is 3. The Morgan fingerprint density at radius 1 is 1.09 bits per heavy atom. The number of H-pyrrole nitrogens is 1. The van der Waals surface area contributed by atoms with Gasteiger partial charge in [-0.15, -0.1) is 5.10 Å². The number of hydrogen-bond acceptors (Lipinski definition) is 6. The second kappa shape index (κ2) is 7.41. The summed E-state index contributed by atoms with van der Waals surface area (Å²) in [5.74, 6) is -2.21. The van der Waals surface area contributed by atoms with Crippen LogP contribution in [0.2, 0.25) is 0 Å². The summed E-state index contributed by atoms with van der Waals surface area (Å²) in [5, 5.41) is 30.9. The first-order valence-electron chi connectivity index (χ1n) is 10.1. The standard InChI is InChI=1S/C22H18N6O4/c1-2-6-14(19-23-16(21(29)30)17(24-19)22(31)32)13-10-9-12(11-7-4-3-5-8-11)18-15(13)20-25-26-27-28(18)20/h3-5,7-10,14H,2,6H2,1H3,(H,23,24)(H,29,30)(H,31,32). The predicted octanol–water partition coefficient (Wildman–Crippen LogP) is 3.36. The van der Waals surface area contributed by atoms with Crippen LogP contribution in [0.25, 0.3) is 28.2 Å². The molecule has 3 N–H and O–H groups in total. The number of imidazole rings is 1. The van der Waals surface area contributed by atoms with Gasteiger partial charge in [-0.05, 0) is 28.0 Å². The Bertz CT molecular complexity index is 1330. The lowest BCUT2D eigenvalue weighted by atomic mass is 9.84. The van der Waals surface area contributed by atoms with Gasteiger partial charge in [0.15, 0.2) is 17.2 Å². The fourth-order valence-electron chi connectivity index (χ4n) is 4.24. The number of tetrazole rings is 1. The van der Waals surface area contributed by atoms with Crippen LogP contribution in [0, 0.1) is 0 Å². The van der Waals surface area contributed by atoms with Gasteiger partial charge in [-0.3, -0.25) is 0 Å². The summed E-state index contributed by atoms with van der Waals surface area (Å²) in [6, 6.07) is 13.8. The summed E-state index contributed by atoms with van der Waals surface area (Å²) >= 11 is 0. The molecule has 32 heavy (non-hydrogen) atoms. The molecule has 2 aromatic heterocycles. The summed E-state index contributed by atoms with van der Waals surface area (Å²) in [5.41, 5.74) is 3.64. The zero-order valence-corrected chi connectivity index (χ0v) is 17.0. The van der Waals surface area contributed by atoms with Crippen LogP contribution in [-0.2, 0) is 0 Å². The van der Waals surface area contributed by atoms with E-state index in [1.807, 2.05) is 49.4 Å². The molecule has 0 aliphatic carbocycles. The fourth-order valence-corrected chi connectivity index (χ4v) is 4.24. The molecule has 0 radical (unpaired) electrons. The van der Waals surface area contributed by atoms with Crippen LogP contribution >= 0.6 is 0 Å². The van der Waals surface area contributed by atoms with Crippen molar-refractivity contribution in [2.45, 2.75) is 25.7 Å². The number of carboxylic acid groups (broad SMARTS) is 2. The molecular formula is C22H18N6O4. The summed E-state index contributed by atoms with van der Waals surface area (Å²) in [6.07, 6.45) is 1.40. The quantitative estimate of drug-likeness (QED) is 0.356. The van der Waals surface area contributed by atoms with Crippen LogP contribution < -0.4 is 0 Å². The highest BCUT2D eigenvalue weighted by Gasteiger charge is 2.36. The van der Waals surface area contributed by atoms with Crippen molar-refractivity contribution in [3.63, 3.8) is 0 Å². The molecule has 10 nitrogen and oxygen atoms in total. The Balaban J connectivity index is 1.69. The van der Waals surface area contributed by atoms with Crippen molar-refractivity contribution in [3.8, 4) is 28.2 Å². The van der Waals surface area contributed by atoms with E-state index in [4.69, 9.17) is 0 Å². The molecule has 2 aromatic carbocycles. The lowest BCUT2D eigenvalue weighted by Crippen LogP contribution is -2.18. The molecule has 4 aromatic rings. The number of aromatic amines is 1.